The van der Waals surface area contributed by atoms with Crippen molar-refractivity contribution in [2.24, 2.45) is 5.92 Å². The predicted octanol–water partition coefficient (Wildman–Crippen LogP) is 3.13. The third kappa shape index (κ3) is 3.08. The van der Waals surface area contributed by atoms with Gasteiger partial charge in [-0.1, -0.05) is 13.8 Å². The van der Waals surface area contributed by atoms with Crippen molar-refractivity contribution < 1.29 is 9.21 Å². The van der Waals surface area contributed by atoms with Gasteiger partial charge in [0, 0.05) is 24.7 Å². The molecule has 0 aliphatic carbocycles. The molecule has 0 bridgehead atoms. The van der Waals surface area contributed by atoms with Crippen molar-refractivity contribution in [3.05, 3.63) is 30.0 Å². The van der Waals surface area contributed by atoms with Gasteiger partial charge < -0.3 is 15.1 Å². The topological polar surface area (TPSA) is 59.5 Å². The van der Waals surface area contributed by atoms with Crippen LogP contribution in [0.1, 0.15) is 30.8 Å². The lowest BCUT2D eigenvalue weighted by molar-refractivity contribution is 0.0760. The van der Waals surface area contributed by atoms with E-state index in [1.807, 2.05) is 6.07 Å². The lowest BCUT2D eigenvalue weighted by Crippen LogP contribution is -2.28. The fourth-order valence-electron chi connectivity index (χ4n) is 1.91. The Morgan fingerprint density at radius 2 is 2.11 bits per heavy atom. The van der Waals surface area contributed by atoms with E-state index in [1.165, 1.54) is 0 Å². The molecule has 1 aromatic heterocycles. The van der Waals surface area contributed by atoms with Gasteiger partial charge in [-0.15, -0.1) is 0 Å². The number of carbonyl (C=O) groups excluding carboxylic acids is 1. The van der Waals surface area contributed by atoms with Crippen molar-refractivity contribution in [3.63, 3.8) is 0 Å². The summed E-state index contributed by atoms with van der Waals surface area (Å²) in [6.45, 7) is 5.01. The lowest BCUT2D eigenvalue weighted by atomic mass is 10.1. The summed E-state index contributed by atoms with van der Waals surface area (Å²) >= 11 is 0. The van der Waals surface area contributed by atoms with E-state index in [-0.39, 0.29) is 5.91 Å². The minimum atomic E-state index is -0.0876. The number of nitrogens with zero attached hydrogens (tertiary/aromatic N) is 1. The van der Waals surface area contributed by atoms with Gasteiger partial charge in [-0.05, 0) is 36.6 Å². The molecule has 19 heavy (non-hydrogen) atoms. The second-order valence-electron chi connectivity index (χ2n) is 5.32. The van der Waals surface area contributed by atoms with Gasteiger partial charge >= 0.3 is 0 Å². The van der Waals surface area contributed by atoms with E-state index < -0.39 is 0 Å². The van der Waals surface area contributed by atoms with Crippen molar-refractivity contribution in [1.82, 2.24) is 4.90 Å². The van der Waals surface area contributed by atoms with Gasteiger partial charge in [0.1, 0.15) is 5.58 Å². The number of nitrogen functional groups attached to an aromatic ring is 1. The van der Waals surface area contributed by atoms with E-state index >= 15 is 0 Å². The zero-order chi connectivity index (χ0) is 14.0. The molecule has 2 rings (SSSR count). The maximum absolute atomic E-state index is 12.2. The Labute approximate surface area is 113 Å². The van der Waals surface area contributed by atoms with Crippen molar-refractivity contribution in [1.29, 1.82) is 0 Å². The van der Waals surface area contributed by atoms with Gasteiger partial charge in [-0.2, -0.15) is 0 Å². The fourth-order valence-corrected chi connectivity index (χ4v) is 1.91. The van der Waals surface area contributed by atoms with E-state index in [0.29, 0.717) is 22.9 Å². The number of fused-ring (bicyclic) bond motifs is 1. The molecule has 1 amide bonds. The van der Waals surface area contributed by atoms with Gasteiger partial charge in [-0.25, -0.2) is 0 Å². The molecule has 102 valence electrons. The first-order valence-electron chi connectivity index (χ1n) is 6.52. The monoisotopic (exact) mass is 260 g/mol. The number of nitrogens with two attached hydrogens (primary N) is 1. The summed E-state index contributed by atoms with van der Waals surface area (Å²) in [4.78, 5) is 13.9. The Kier molecular flexibility index (Phi) is 3.79. The zero-order valence-corrected chi connectivity index (χ0v) is 11.6. The van der Waals surface area contributed by atoms with Gasteiger partial charge in [0.05, 0.1) is 0 Å². The quantitative estimate of drug-likeness (QED) is 0.859. The van der Waals surface area contributed by atoms with Crippen molar-refractivity contribution in [3.8, 4) is 0 Å². The maximum Gasteiger partial charge on any atom is 0.289 e. The smallest absolute Gasteiger partial charge is 0.289 e. The molecule has 0 saturated carbocycles. The van der Waals surface area contributed by atoms with Crippen molar-refractivity contribution in [2.75, 3.05) is 19.3 Å². The van der Waals surface area contributed by atoms with Crippen molar-refractivity contribution in [2.45, 2.75) is 20.3 Å². The molecule has 0 unspecified atom stereocenters. The summed E-state index contributed by atoms with van der Waals surface area (Å²) in [5.74, 6) is 0.855. The maximum atomic E-state index is 12.2. The van der Waals surface area contributed by atoms with Crippen LogP contribution < -0.4 is 5.73 Å². The summed E-state index contributed by atoms with van der Waals surface area (Å²) in [7, 11) is 1.80. The molecule has 0 aliphatic rings. The lowest BCUT2D eigenvalue weighted by Gasteiger charge is -2.16. The number of benzene rings is 1. The molecule has 0 atom stereocenters. The van der Waals surface area contributed by atoms with E-state index in [0.717, 1.165) is 18.4 Å². The van der Waals surface area contributed by atoms with E-state index in [1.54, 1.807) is 30.1 Å². The highest BCUT2D eigenvalue weighted by molar-refractivity contribution is 5.96. The number of furan rings is 1. The first kappa shape index (κ1) is 13.5. The molecule has 4 nitrogen and oxygen atoms in total. The Morgan fingerprint density at radius 3 is 2.79 bits per heavy atom. The molecule has 0 aliphatic heterocycles. The van der Waals surface area contributed by atoms with Crippen LogP contribution in [0.25, 0.3) is 11.0 Å². The minimum absolute atomic E-state index is 0.0876. The highest BCUT2D eigenvalue weighted by Gasteiger charge is 2.16. The molecular formula is C15H20N2O2. The standard InChI is InChI=1S/C15H20N2O2/c1-10(2)6-7-17(3)15(18)14-9-11-8-12(16)4-5-13(11)19-14/h4-5,8-10H,6-7,16H2,1-3H3. The number of hydrogen-bond acceptors (Lipinski definition) is 3. The molecule has 4 heteroatoms. The largest absolute Gasteiger partial charge is 0.451 e. The number of hydrogen-bond donors (Lipinski definition) is 1. The van der Waals surface area contributed by atoms with Crippen LogP contribution in [0.5, 0.6) is 0 Å². The second-order valence-corrected chi connectivity index (χ2v) is 5.32. The van der Waals surface area contributed by atoms with Gasteiger partial charge in [0.15, 0.2) is 5.76 Å². The van der Waals surface area contributed by atoms with E-state index in [9.17, 15) is 4.79 Å². The van der Waals surface area contributed by atoms with Gasteiger partial charge in [0.2, 0.25) is 0 Å². The van der Waals surface area contributed by atoms with E-state index in [4.69, 9.17) is 10.2 Å². The first-order chi connectivity index (χ1) is 8.97. The van der Waals surface area contributed by atoms with Crippen LogP contribution in [0.3, 0.4) is 0 Å². The Hall–Kier alpha value is -1.97. The first-order valence-corrected chi connectivity index (χ1v) is 6.52. The average molecular weight is 260 g/mol. The molecule has 0 fully saturated rings. The van der Waals surface area contributed by atoms with Gasteiger partial charge in [0.25, 0.3) is 5.91 Å². The van der Waals surface area contributed by atoms with Gasteiger partial charge in [-0.3, -0.25) is 4.79 Å². The average Bonchev–Trinajstić information content (AvgIpc) is 2.77. The summed E-state index contributed by atoms with van der Waals surface area (Å²) < 4.78 is 5.57. The highest BCUT2D eigenvalue weighted by Crippen LogP contribution is 2.22. The molecule has 0 spiro atoms. The number of amides is 1. The Bertz CT molecular complexity index is 587. The Balaban J connectivity index is 2.16. The van der Waals surface area contributed by atoms with Crippen LogP contribution in [0.15, 0.2) is 28.7 Å². The summed E-state index contributed by atoms with van der Waals surface area (Å²) in [6, 6.07) is 7.11. The molecule has 1 heterocycles. The summed E-state index contributed by atoms with van der Waals surface area (Å²) in [6.07, 6.45) is 0.982. The predicted molar refractivity (Wildman–Crippen MR) is 77.0 cm³/mol. The van der Waals surface area contributed by atoms with Crippen LogP contribution in [-0.2, 0) is 0 Å². The summed E-state index contributed by atoms with van der Waals surface area (Å²) in [5.41, 5.74) is 7.07. The number of rotatable bonds is 4. The van der Waals surface area contributed by atoms with Crippen LogP contribution in [0.4, 0.5) is 5.69 Å². The molecule has 2 aromatic rings. The molecular weight excluding hydrogens is 240 g/mol. The number of anilines is 1. The van der Waals surface area contributed by atoms with Crippen LogP contribution in [0.2, 0.25) is 0 Å². The minimum Gasteiger partial charge on any atom is -0.451 e. The van der Waals surface area contributed by atoms with Crippen LogP contribution in [0, 0.1) is 5.92 Å². The molecule has 1 aromatic carbocycles. The van der Waals surface area contributed by atoms with E-state index in [2.05, 4.69) is 13.8 Å². The number of carbonyl (C=O) groups is 1. The SMILES string of the molecule is CC(C)CCN(C)C(=O)c1cc2cc(N)ccc2o1. The Morgan fingerprint density at radius 1 is 1.37 bits per heavy atom. The van der Waals surface area contributed by atoms with Crippen molar-refractivity contribution >= 4 is 22.6 Å². The highest BCUT2D eigenvalue weighted by atomic mass is 16.3. The fraction of sp³-hybridized carbons (Fsp3) is 0.400. The zero-order valence-electron chi connectivity index (χ0n) is 11.6. The second kappa shape index (κ2) is 5.34. The molecule has 0 saturated heterocycles. The van der Waals surface area contributed by atoms with Crippen LogP contribution in [-0.4, -0.2) is 24.4 Å². The van der Waals surface area contributed by atoms with Crippen LogP contribution >= 0.6 is 0 Å². The normalized spacial score (nSPS) is 11.2. The molecule has 2 N–H and O–H groups in total. The molecule has 0 radical (unpaired) electrons. The third-order valence-electron chi connectivity index (χ3n) is 3.14. The third-order valence-corrected chi connectivity index (χ3v) is 3.14. The summed E-state index contributed by atoms with van der Waals surface area (Å²) in [5, 5.41) is 0.862.